The molecule has 0 radical (unpaired) electrons. The number of anilines is 1. The summed E-state index contributed by atoms with van der Waals surface area (Å²) in [5.74, 6) is 0.00422. The van der Waals surface area contributed by atoms with Gasteiger partial charge in [-0.3, -0.25) is 4.79 Å². The largest absolute Gasteiger partial charge is 0.398 e. The van der Waals surface area contributed by atoms with Crippen molar-refractivity contribution in [1.82, 2.24) is 4.98 Å². The molecular weight excluding hydrogens is 236 g/mol. The molecule has 0 aliphatic rings. The van der Waals surface area contributed by atoms with E-state index in [1.165, 1.54) is 0 Å². The maximum atomic E-state index is 11.9. The number of allylic oxidation sites excluding steroid dienone is 1. The van der Waals surface area contributed by atoms with Gasteiger partial charge in [-0.05, 0) is 44.5 Å². The van der Waals surface area contributed by atoms with Crippen LogP contribution in [0.15, 0.2) is 30.3 Å². The number of hydrogen-bond donors (Lipinski definition) is 2. The third-order valence-electron chi connectivity index (χ3n) is 3.11. The molecule has 3 heteroatoms. The van der Waals surface area contributed by atoms with Crippen molar-refractivity contribution in [3.05, 3.63) is 52.8 Å². The maximum absolute atomic E-state index is 11.9. The number of carbonyl (C=O) groups is 1. The summed E-state index contributed by atoms with van der Waals surface area (Å²) >= 11 is 0. The Hall–Kier alpha value is -2.29. The number of benzene rings is 1. The highest BCUT2D eigenvalue weighted by atomic mass is 16.1. The Morgan fingerprint density at radius 2 is 1.95 bits per heavy atom. The lowest BCUT2D eigenvalue weighted by Crippen LogP contribution is -2.00. The standard InChI is InChI=1S/C16H18N2O/c1-10-8-11(2)18-16(10)9-14(12(3)19)13-6-4-5-7-15(13)17/h4-9,18H,17H2,1-3H3/b14-9+. The Morgan fingerprint density at radius 1 is 1.26 bits per heavy atom. The van der Waals surface area contributed by atoms with Crippen molar-refractivity contribution in [2.75, 3.05) is 5.73 Å². The lowest BCUT2D eigenvalue weighted by Gasteiger charge is -2.07. The monoisotopic (exact) mass is 254 g/mol. The average molecular weight is 254 g/mol. The van der Waals surface area contributed by atoms with Crippen LogP contribution in [0.25, 0.3) is 11.6 Å². The first-order valence-electron chi connectivity index (χ1n) is 6.22. The minimum absolute atomic E-state index is 0.00422. The van der Waals surface area contributed by atoms with Crippen molar-refractivity contribution < 1.29 is 4.79 Å². The van der Waals surface area contributed by atoms with Crippen LogP contribution in [0.5, 0.6) is 0 Å². The molecule has 0 saturated carbocycles. The highest BCUT2D eigenvalue weighted by molar-refractivity contribution is 6.25. The van der Waals surface area contributed by atoms with E-state index in [9.17, 15) is 4.79 Å². The lowest BCUT2D eigenvalue weighted by molar-refractivity contribution is -0.111. The second-order valence-corrected chi connectivity index (χ2v) is 4.75. The van der Waals surface area contributed by atoms with Gasteiger partial charge in [0.15, 0.2) is 5.78 Å². The fraction of sp³-hybridized carbons (Fsp3) is 0.188. The molecule has 2 aromatic rings. The molecule has 0 aliphatic heterocycles. The van der Waals surface area contributed by atoms with Crippen molar-refractivity contribution in [3.8, 4) is 0 Å². The van der Waals surface area contributed by atoms with Crippen LogP contribution in [-0.4, -0.2) is 10.8 Å². The molecule has 1 aromatic carbocycles. The van der Waals surface area contributed by atoms with Crippen molar-refractivity contribution in [2.45, 2.75) is 20.8 Å². The van der Waals surface area contributed by atoms with Gasteiger partial charge in [0, 0.05) is 28.2 Å². The molecule has 0 bridgehead atoms. The van der Waals surface area contributed by atoms with Crippen molar-refractivity contribution in [2.24, 2.45) is 0 Å². The second-order valence-electron chi connectivity index (χ2n) is 4.75. The van der Waals surface area contributed by atoms with Crippen LogP contribution in [0.3, 0.4) is 0 Å². The molecule has 3 nitrogen and oxygen atoms in total. The predicted molar refractivity (Wildman–Crippen MR) is 79.7 cm³/mol. The Morgan fingerprint density at radius 3 is 2.47 bits per heavy atom. The zero-order chi connectivity index (χ0) is 14.0. The summed E-state index contributed by atoms with van der Waals surface area (Å²) in [5, 5.41) is 0. The fourth-order valence-corrected chi connectivity index (χ4v) is 2.16. The summed E-state index contributed by atoms with van der Waals surface area (Å²) in [5.41, 5.74) is 11.1. The van der Waals surface area contributed by atoms with E-state index in [4.69, 9.17) is 5.73 Å². The normalized spacial score (nSPS) is 11.6. The highest BCUT2D eigenvalue weighted by Crippen LogP contribution is 2.25. The molecule has 0 fully saturated rings. The molecule has 1 heterocycles. The maximum Gasteiger partial charge on any atom is 0.160 e. The van der Waals surface area contributed by atoms with Crippen LogP contribution < -0.4 is 5.73 Å². The number of aromatic amines is 1. The number of nitrogen functional groups attached to an aromatic ring is 1. The van der Waals surface area contributed by atoms with E-state index in [0.717, 1.165) is 22.5 Å². The molecular formula is C16H18N2O. The number of H-pyrrole nitrogens is 1. The predicted octanol–water partition coefficient (Wildman–Crippen LogP) is 3.34. The second kappa shape index (κ2) is 5.14. The molecule has 98 valence electrons. The number of carbonyl (C=O) groups excluding carboxylic acids is 1. The number of aromatic nitrogens is 1. The minimum Gasteiger partial charge on any atom is -0.398 e. The van der Waals surface area contributed by atoms with Crippen molar-refractivity contribution in [3.63, 3.8) is 0 Å². The molecule has 2 rings (SSSR count). The third kappa shape index (κ3) is 2.76. The Bertz CT molecular complexity index is 651. The number of hydrogen-bond acceptors (Lipinski definition) is 2. The van der Waals surface area contributed by atoms with Crippen molar-refractivity contribution in [1.29, 1.82) is 0 Å². The molecule has 0 spiro atoms. The van der Waals surface area contributed by atoms with Gasteiger partial charge in [-0.2, -0.15) is 0 Å². The van der Waals surface area contributed by atoms with Gasteiger partial charge >= 0.3 is 0 Å². The Labute approximate surface area is 113 Å². The quantitative estimate of drug-likeness (QED) is 0.652. The number of rotatable bonds is 3. The zero-order valence-electron chi connectivity index (χ0n) is 11.4. The molecule has 0 saturated heterocycles. The molecule has 0 unspecified atom stereocenters. The van der Waals surface area contributed by atoms with Gasteiger partial charge < -0.3 is 10.7 Å². The number of Topliss-reactive ketones (excluding diaryl/α,β-unsaturated/α-hetero) is 1. The van der Waals surface area contributed by atoms with Crippen LogP contribution in [-0.2, 0) is 4.79 Å². The van der Waals surface area contributed by atoms with Gasteiger partial charge in [-0.15, -0.1) is 0 Å². The summed E-state index contributed by atoms with van der Waals surface area (Å²) in [6.45, 7) is 5.57. The van der Waals surface area contributed by atoms with Crippen LogP contribution in [0.2, 0.25) is 0 Å². The number of nitrogens with one attached hydrogen (secondary N) is 1. The average Bonchev–Trinajstić information content (AvgIpc) is 2.65. The number of ketones is 1. The van der Waals surface area contributed by atoms with Crippen LogP contribution in [0.4, 0.5) is 5.69 Å². The smallest absolute Gasteiger partial charge is 0.160 e. The van der Waals surface area contributed by atoms with Crippen LogP contribution in [0.1, 0.15) is 29.4 Å². The summed E-state index contributed by atoms with van der Waals surface area (Å²) in [6.07, 6.45) is 1.87. The fourth-order valence-electron chi connectivity index (χ4n) is 2.16. The van der Waals surface area contributed by atoms with Gasteiger partial charge in [0.05, 0.1) is 0 Å². The molecule has 3 N–H and O–H groups in total. The van der Waals surface area contributed by atoms with E-state index in [2.05, 4.69) is 11.1 Å². The first-order valence-corrected chi connectivity index (χ1v) is 6.22. The van der Waals surface area contributed by atoms with Gasteiger partial charge in [0.2, 0.25) is 0 Å². The number of nitrogens with two attached hydrogens (primary N) is 1. The van der Waals surface area contributed by atoms with Gasteiger partial charge in [0.1, 0.15) is 0 Å². The van der Waals surface area contributed by atoms with Crippen LogP contribution in [0, 0.1) is 13.8 Å². The van der Waals surface area contributed by atoms with Crippen LogP contribution >= 0.6 is 0 Å². The first-order chi connectivity index (χ1) is 8.99. The minimum atomic E-state index is 0.00422. The van der Waals surface area contributed by atoms with Gasteiger partial charge in [-0.1, -0.05) is 18.2 Å². The summed E-state index contributed by atoms with van der Waals surface area (Å²) in [7, 11) is 0. The van der Waals surface area contributed by atoms with E-state index in [0.29, 0.717) is 11.3 Å². The SMILES string of the molecule is CC(=O)/C(=C\c1[nH]c(C)cc1C)c1ccccc1N. The van der Waals surface area contributed by atoms with E-state index in [1.807, 2.05) is 38.1 Å². The van der Waals surface area contributed by atoms with E-state index in [1.54, 1.807) is 13.0 Å². The van der Waals surface area contributed by atoms with Crippen molar-refractivity contribution >= 4 is 23.1 Å². The number of para-hydroxylation sites is 1. The summed E-state index contributed by atoms with van der Waals surface area (Å²) in [4.78, 5) is 15.1. The molecule has 0 atom stereocenters. The summed E-state index contributed by atoms with van der Waals surface area (Å²) < 4.78 is 0. The summed E-state index contributed by atoms with van der Waals surface area (Å²) in [6, 6.07) is 9.47. The van der Waals surface area contributed by atoms with Gasteiger partial charge in [0.25, 0.3) is 0 Å². The topological polar surface area (TPSA) is 58.9 Å². The molecule has 0 aliphatic carbocycles. The Balaban J connectivity index is 2.56. The molecule has 0 amide bonds. The third-order valence-corrected chi connectivity index (χ3v) is 3.11. The zero-order valence-corrected chi connectivity index (χ0v) is 11.4. The first kappa shape index (κ1) is 13.1. The van der Waals surface area contributed by atoms with Gasteiger partial charge in [-0.25, -0.2) is 0 Å². The Kier molecular flexibility index (Phi) is 3.56. The van der Waals surface area contributed by atoms with E-state index < -0.39 is 0 Å². The van der Waals surface area contributed by atoms with E-state index >= 15 is 0 Å². The number of aryl methyl sites for hydroxylation is 2. The van der Waals surface area contributed by atoms with E-state index in [-0.39, 0.29) is 5.78 Å². The lowest BCUT2D eigenvalue weighted by atomic mass is 9.99. The molecule has 19 heavy (non-hydrogen) atoms. The molecule has 1 aromatic heterocycles. The highest BCUT2D eigenvalue weighted by Gasteiger charge is 2.11.